The molecule has 0 aliphatic heterocycles. The molecule has 0 saturated carbocycles. The van der Waals surface area contributed by atoms with Gasteiger partial charge in [-0.1, -0.05) is 0 Å². The zero-order chi connectivity index (χ0) is 6.41. The second-order valence-electron chi connectivity index (χ2n) is 2.06. The Hall–Kier alpha value is -0.0800. The van der Waals surface area contributed by atoms with Crippen molar-refractivity contribution in [2.24, 2.45) is 0 Å². The van der Waals surface area contributed by atoms with Crippen molar-refractivity contribution in [3.8, 4) is 0 Å². The van der Waals surface area contributed by atoms with Crippen LogP contribution in [0.1, 0.15) is 13.8 Å². The van der Waals surface area contributed by atoms with E-state index in [4.69, 9.17) is 0 Å². The average Bonchev–Trinajstić information content (AvgIpc) is 1.83. The Morgan fingerprint density at radius 2 is 1.75 bits per heavy atom. The third-order valence-corrected chi connectivity index (χ3v) is 1.53. The van der Waals surface area contributed by atoms with Gasteiger partial charge in [0.15, 0.2) is 0 Å². The Morgan fingerprint density at radius 1 is 1.25 bits per heavy atom. The van der Waals surface area contributed by atoms with Gasteiger partial charge in [0.2, 0.25) is 0 Å². The molecule has 0 aromatic heterocycles. The fourth-order valence-electron chi connectivity index (χ4n) is 0.854. The number of hydrogen-bond acceptors (Lipinski definition) is 0. The zero-order valence-electron chi connectivity index (χ0n) is 6.04. The summed E-state index contributed by atoms with van der Waals surface area (Å²) in [5, 5.41) is 0. The predicted octanol–water partition coefficient (Wildman–Crippen LogP) is -1.85. The standard InChI is InChI=1S/C6H16N2/c1-3-8(4-2)6-5-7/h3-7H2,1-2H3/p+2. The fourth-order valence-corrected chi connectivity index (χ4v) is 0.854. The smallest absolute Gasteiger partial charge is 0.127 e. The van der Waals surface area contributed by atoms with Crippen LogP contribution in [0, 0.1) is 0 Å². The first-order chi connectivity index (χ1) is 3.85. The van der Waals surface area contributed by atoms with Gasteiger partial charge in [0.05, 0.1) is 13.1 Å². The number of likely N-dealkylation sites (N-methyl/N-ethyl adjacent to an activating group) is 1. The molecule has 0 unspecified atom stereocenters. The predicted molar refractivity (Wildman–Crippen MR) is 34.7 cm³/mol. The van der Waals surface area contributed by atoms with Crippen LogP contribution in [0.2, 0.25) is 0 Å². The van der Waals surface area contributed by atoms with Crippen molar-refractivity contribution < 1.29 is 10.6 Å². The van der Waals surface area contributed by atoms with Gasteiger partial charge in [0, 0.05) is 0 Å². The summed E-state index contributed by atoms with van der Waals surface area (Å²) in [7, 11) is 0. The average molecular weight is 118 g/mol. The Labute approximate surface area is 51.7 Å². The third kappa shape index (κ3) is 2.99. The lowest BCUT2D eigenvalue weighted by molar-refractivity contribution is -0.901. The summed E-state index contributed by atoms with van der Waals surface area (Å²) in [6, 6.07) is 0. The number of quaternary nitrogens is 2. The lowest BCUT2D eigenvalue weighted by Crippen LogP contribution is -3.12. The molecular formula is C6H18N2+2. The molecule has 0 aliphatic carbocycles. The van der Waals surface area contributed by atoms with Gasteiger partial charge < -0.3 is 10.6 Å². The summed E-state index contributed by atoms with van der Waals surface area (Å²) in [5.74, 6) is 0. The molecule has 0 rings (SSSR count). The second-order valence-corrected chi connectivity index (χ2v) is 2.06. The van der Waals surface area contributed by atoms with E-state index in [-0.39, 0.29) is 0 Å². The van der Waals surface area contributed by atoms with E-state index in [9.17, 15) is 0 Å². The van der Waals surface area contributed by atoms with Crippen molar-refractivity contribution in [1.29, 1.82) is 0 Å². The molecule has 4 N–H and O–H groups in total. The van der Waals surface area contributed by atoms with Gasteiger partial charge in [-0.2, -0.15) is 0 Å². The summed E-state index contributed by atoms with van der Waals surface area (Å²) in [6.45, 7) is 9.21. The summed E-state index contributed by atoms with van der Waals surface area (Å²) in [5.41, 5.74) is 3.80. The topological polar surface area (TPSA) is 32.1 Å². The molecule has 2 nitrogen and oxygen atoms in total. The van der Waals surface area contributed by atoms with Gasteiger partial charge in [-0.05, 0) is 13.8 Å². The van der Waals surface area contributed by atoms with Gasteiger partial charge in [-0.15, -0.1) is 0 Å². The normalized spacial score (nSPS) is 10.5. The highest BCUT2D eigenvalue weighted by Crippen LogP contribution is 1.45. The van der Waals surface area contributed by atoms with E-state index in [0.29, 0.717) is 0 Å². The first-order valence-electron chi connectivity index (χ1n) is 3.47. The molecule has 0 saturated heterocycles. The van der Waals surface area contributed by atoms with Crippen LogP contribution in [0.4, 0.5) is 0 Å². The van der Waals surface area contributed by atoms with Crippen LogP contribution in [0.15, 0.2) is 0 Å². The molecule has 2 heteroatoms. The molecule has 0 fully saturated rings. The maximum atomic E-state index is 3.80. The monoisotopic (exact) mass is 118 g/mol. The minimum Gasteiger partial charge on any atom is -0.353 e. The van der Waals surface area contributed by atoms with Crippen LogP contribution in [-0.2, 0) is 0 Å². The second kappa shape index (κ2) is 5.06. The van der Waals surface area contributed by atoms with E-state index in [2.05, 4.69) is 19.6 Å². The van der Waals surface area contributed by atoms with Gasteiger partial charge >= 0.3 is 0 Å². The quantitative estimate of drug-likeness (QED) is 0.434. The molecule has 0 bridgehead atoms. The molecule has 0 radical (unpaired) electrons. The maximum Gasteiger partial charge on any atom is 0.127 e. The van der Waals surface area contributed by atoms with Gasteiger partial charge in [0.25, 0.3) is 0 Å². The molecule has 8 heavy (non-hydrogen) atoms. The highest BCUT2D eigenvalue weighted by molar-refractivity contribution is 4.18. The Balaban J connectivity index is 3.07. The van der Waals surface area contributed by atoms with Gasteiger partial charge in [-0.25, -0.2) is 0 Å². The fraction of sp³-hybridized carbons (Fsp3) is 1.00. The van der Waals surface area contributed by atoms with E-state index >= 15 is 0 Å². The Morgan fingerprint density at radius 3 is 1.88 bits per heavy atom. The van der Waals surface area contributed by atoms with Crippen molar-refractivity contribution in [2.45, 2.75) is 13.8 Å². The summed E-state index contributed by atoms with van der Waals surface area (Å²) < 4.78 is 0. The van der Waals surface area contributed by atoms with Crippen molar-refractivity contribution in [1.82, 2.24) is 0 Å². The first kappa shape index (κ1) is 7.92. The summed E-state index contributed by atoms with van der Waals surface area (Å²) in [4.78, 5) is 1.65. The molecule has 0 heterocycles. The van der Waals surface area contributed by atoms with Crippen LogP contribution >= 0.6 is 0 Å². The van der Waals surface area contributed by atoms with Crippen LogP contribution in [0.5, 0.6) is 0 Å². The van der Waals surface area contributed by atoms with E-state index in [0.717, 1.165) is 6.54 Å². The van der Waals surface area contributed by atoms with E-state index in [1.807, 2.05) is 0 Å². The van der Waals surface area contributed by atoms with Crippen molar-refractivity contribution in [3.05, 3.63) is 0 Å². The van der Waals surface area contributed by atoms with E-state index < -0.39 is 0 Å². The zero-order valence-corrected chi connectivity index (χ0v) is 6.04. The van der Waals surface area contributed by atoms with Crippen molar-refractivity contribution in [2.75, 3.05) is 26.2 Å². The summed E-state index contributed by atoms with van der Waals surface area (Å²) >= 11 is 0. The molecule has 0 spiro atoms. The molecular weight excluding hydrogens is 100 g/mol. The third-order valence-electron chi connectivity index (χ3n) is 1.53. The van der Waals surface area contributed by atoms with E-state index in [1.54, 1.807) is 4.90 Å². The van der Waals surface area contributed by atoms with Crippen LogP contribution in [-0.4, -0.2) is 26.2 Å². The number of nitrogens with one attached hydrogen (secondary N) is 1. The highest BCUT2D eigenvalue weighted by Gasteiger charge is 1.98. The highest BCUT2D eigenvalue weighted by atomic mass is 15.1. The Bertz CT molecular complexity index is 41.8. The van der Waals surface area contributed by atoms with Crippen LogP contribution in [0.3, 0.4) is 0 Å². The van der Waals surface area contributed by atoms with Crippen molar-refractivity contribution >= 4 is 0 Å². The minimum absolute atomic E-state index is 1.07. The lowest BCUT2D eigenvalue weighted by Gasteiger charge is -2.11. The molecule has 0 aromatic rings. The molecule has 0 aromatic carbocycles. The molecule has 0 amide bonds. The number of rotatable bonds is 4. The van der Waals surface area contributed by atoms with Crippen LogP contribution in [0.25, 0.3) is 0 Å². The summed E-state index contributed by atoms with van der Waals surface area (Å²) in [6.07, 6.45) is 0. The maximum absolute atomic E-state index is 3.80. The molecule has 0 aliphatic rings. The molecule has 50 valence electrons. The van der Waals surface area contributed by atoms with Gasteiger partial charge in [0.1, 0.15) is 13.1 Å². The minimum atomic E-state index is 1.07. The van der Waals surface area contributed by atoms with Crippen LogP contribution < -0.4 is 10.6 Å². The first-order valence-corrected chi connectivity index (χ1v) is 3.47. The molecule has 0 atom stereocenters. The van der Waals surface area contributed by atoms with Crippen molar-refractivity contribution in [3.63, 3.8) is 0 Å². The lowest BCUT2D eigenvalue weighted by atomic mass is 10.5. The largest absolute Gasteiger partial charge is 0.353 e. The van der Waals surface area contributed by atoms with E-state index in [1.165, 1.54) is 19.6 Å². The Kier molecular flexibility index (Phi) is 5.01. The van der Waals surface area contributed by atoms with Gasteiger partial charge in [-0.3, -0.25) is 0 Å². The SMILES string of the molecule is CC[NH+](CC)CC[NH3+]. The number of hydrogen-bond donors (Lipinski definition) is 2.